The molecule has 0 aliphatic carbocycles. The molecule has 2 aromatic rings. The molecule has 0 fully saturated rings. The topological polar surface area (TPSA) is 100 Å². The Hall–Kier alpha value is -2.71. The number of hydrogen-bond acceptors (Lipinski definition) is 6. The molecule has 8 nitrogen and oxygen atoms in total. The van der Waals surface area contributed by atoms with Crippen LogP contribution in [0.1, 0.15) is 33.6 Å². The summed E-state index contributed by atoms with van der Waals surface area (Å²) in [5.74, 6) is -0.243. The second kappa shape index (κ2) is 10.9. The number of nitro benzene ring substituents is 1. The largest absolute Gasteiger partial charge is 0.371 e. The minimum absolute atomic E-state index is 0.00714. The highest BCUT2D eigenvalue weighted by Crippen LogP contribution is 2.39. The summed E-state index contributed by atoms with van der Waals surface area (Å²) in [4.78, 5) is 24.2. The number of hydrogen-bond donors (Lipinski definition) is 1. The van der Waals surface area contributed by atoms with Crippen molar-refractivity contribution in [2.24, 2.45) is 10.2 Å². The lowest BCUT2D eigenvalue weighted by molar-refractivity contribution is -0.384. The Bertz CT molecular complexity index is 936. The highest BCUT2D eigenvalue weighted by Gasteiger charge is 2.15. The molecule has 0 saturated carbocycles. The fraction of sp³-hybridized carbons (Fsp3) is 0.350. The van der Waals surface area contributed by atoms with Crippen LogP contribution in [-0.2, 0) is 4.79 Å². The SMILES string of the molecule is CCCN(CCC)c1ccc(N=Nc2c(Cl)cc([N+](=O)[O-])cc2Cl)c(NC(C)=O)c1. The first-order valence-electron chi connectivity index (χ1n) is 9.48. The first-order valence-corrected chi connectivity index (χ1v) is 10.2. The van der Waals surface area contributed by atoms with Gasteiger partial charge in [-0.05, 0) is 31.0 Å². The second-order valence-corrected chi connectivity index (χ2v) is 7.40. The number of non-ortho nitro benzene ring substituents is 1. The van der Waals surface area contributed by atoms with Crippen molar-refractivity contribution in [2.75, 3.05) is 23.3 Å². The summed E-state index contributed by atoms with van der Waals surface area (Å²) in [6.45, 7) is 7.41. The number of nitro groups is 1. The van der Waals surface area contributed by atoms with Gasteiger partial charge in [-0.1, -0.05) is 37.0 Å². The molecule has 0 unspecified atom stereocenters. The van der Waals surface area contributed by atoms with Crippen molar-refractivity contribution < 1.29 is 9.72 Å². The average molecular weight is 452 g/mol. The monoisotopic (exact) mass is 451 g/mol. The van der Waals surface area contributed by atoms with Gasteiger partial charge in [0.1, 0.15) is 11.4 Å². The quantitative estimate of drug-likeness (QED) is 0.254. The van der Waals surface area contributed by atoms with Crippen LogP contribution < -0.4 is 10.2 Å². The van der Waals surface area contributed by atoms with Gasteiger partial charge in [-0.2, -0.15) is 0 Å². The van der Waals surface area contributed by atoms with Crippen molar-refractivity contribution in [3.05, 3.63) is 50.5 Å². The van der Waals surface area contributed by atoms with E-state index in [1.54, 1.807) is 6.07 Å². The van der Waals surface area contributed by atoms with Crippen molar-refractivity contribution in [1.29, 1.82) is 0 Å². The maximum absolute atomic E-state index is 11.7. The molecule has 0 aliphatic rings. The van der Waals surface area contributed by atoms with Crippen LogP contribution >= 0.6 is 23.2 Å². The first kappa shape index (κ1) is 23.6. The summed E-state index contributed by atoms with van der Waals surface area (Å²) in [5, 5.41) is 21.9. The smallest absolute Gasteiger partial charge is 0.272 e. The van der Waals surface area contributed by atoms with E-state index < -0.39 is 4.92 Å². The zero-order valence-corrected chi connectivity index (χ0v) is 18.5. The third-order valence-electron chi connectivity index (χ3n) is 4.11. The highest BCUT2D eigenvalue weighted by molar-refractivity contribution is 6.39. The van der Waals surface area contributed by atoms with Gasteiger partial charge < -0.3 is 10.2 Å². The van der Waals surface area contributed by atoms with E-state index in [9.17, 15) is 14.9 Å². The number of carbonyl (C=O) groups excluding carboxylic acids is 1. The third kappa shape index (κ3) is 6.14. The summed E-state index contributed by atoms with van der Waals surface area (Å²) in [7, 11) is 0. The van der Waals surface area contributed by atoms with E-state index in [1.165, 1.54) is 6.92 Å². The van der Waals surface area contributed by atoms with Crippen LogP contribution in [0.25, 0.3) is 0 Å². The van der Waals surface area contributed by atoms with Crippen LogP contribution in [0.2, 0.25) is 10.0 Å². The highest BCUT2D eigenvalue weighted by atomic mass is 35.5. The average Bonchev–Trinajstić information content (AvgIpc) is 2.67. The molecule has 0 aliphatic heterocycles. The minimum atomic E-state index is -0.593. The number of halogens is 2. The van der Waals surface area contributed by atoms with Gasteiger partial charge in [0.15, 0.2) is 0 Å². The molecular formula is C20H23Cl2N5O3. The molecule has 0 saturated heterocycles. The number of carbonyl (C=O) groups is 1. The van der Waals surface area contributed by atoms with Crippen LogP contribution in [-0.4, -0.2) is 23.9 Å². The second-order valence-electron chi connectivity index (χ2n) is 6.58. The summed E-state index contributed by atoms with van der Waals surface area (Å²) in [5.41, 5.74) is 1.75. The summed E-state index contributed by atoms with van der Waals surface area (Å²) >= 11 is 12.2. The van der Waals surface area contributed by atoms with E-state index in [2.05, 4.69) is 34.3 Å². The number of anilines is 2. The summed E-state index contributed by atoms with van der Waals surface area (Å²) < 4.78 is 0. The summed E-state index contributed by atoms with van der Waals surface area (Å²) in [6.07, 6.45) is 1.99. The van der Waals surface area contributed by atoms with Crippen LogP contribution in [0, 0.1) is 10.1 Å². The van der Waals surface area contributed by atoms with Crippen molar-refractivity contribution >= 4 is 57.5 Å². The molecule has 30 heavy (non-hydrogen) atoms. The molecule has 0 heterocycles. The maximum Gasteiger partial charge on any atom is 0.272 e. The molecule has 1 N–H and O–H groups in total. The molecule has 2 rings (SSSR count). The number of benzene rings is 2. The molecule has 0 spiro atoms. The molecule has 2 aromatic carbocycles. The van der Waals surface area contributed by atoms with Gasteiger partial charge in [0.05, 0.1) is 20.7 Å². The predicted molar refractivity (Wildman–Crippen MR) is 121 cm³/mol. The molecular weight excluding hydrogens is 429 g/mol. The Morgan fingerprint density at radius 1 is 1.10 bits per heavy atom. The van der Waals surface area contributed by atoms with Gasteiger partial charge in [-0.25, -0.2) is 0 Å². The number of azo groups is 1. The maximum atomic E-state index is 11.7. The molecule has 0 aromatic heterocycles. The van der Waals surface area contributed by atoms with Crippen molar-refractivity contribution in [1.82, 2.24) is 0 Å². The van der Waals surface area contributed by atoms with Crippen LogP contribution in [0.3, 0.4) is 0 Å². The Morgan fingerprint density at radius 3 is 2.20 bits per heavy atom. The summed E-state index contributed by atoms with van der Waals surface area (Å²) in [6, 6.07) is 7.82. The lowest BCUT2D eigenvalue weighted by Crippen LogP contribution is -2.24. The van der Waals surface area contributed by atoms with E-state index >= 15 is 0 Å². The Balaban J connectivity index is 2.43. The van der Waals surface area contributed by atoms with Crippen molar-refractivity contribution in [3.63, 3.8) is 0 Å². The molecule has 0 bridgehead atoms. The van der Waals surface area contributed by atoms with E-state index in [0.29, 0.717) is 11.4 Å². The Morgan fingerprint density at radius 2 is 1.70 bits per heavy atom. The number of rotatable bonds is 9. The van der Waals surface area contributed by atoms with Crippen molar-refractivity contribution in [3.8, 4) is 0 Å². The van der Waals surface area contributed by atoms with Gasteiger partial charge in [0.2, 0.25) is 5.91 Å². The Kier molecular flexibility index (Phi) is 8.56. The molecule has 1 amide bonds. The Labute approximate surface area is 185 Å². The molecule has 10 heteroatoms. The number of nitrogens with one attached hydrogen (secondary N) is 1. The van der Waals surface area contributed by atoms with Crippen LogP contribution in [0.15, 0.2) is 40.6 Å². The van der Waals surface area contributed by atoms with E-state index in [1.807, 2.05) is 12.1 Å². The van der Waals surface area contributed by atoms with Gasteiger partial charge in [-0.15, -0.1) is 10.2 Å². The minimum Gasteiger partial charge on any atom is -0.371 e. The standard InChI is InChI=1S/C20H23Cl2N5O3/c1-4-8-26(9-5-2)14-6-7-18(19(12-14)23-13(3)28)24-25-20-16(21)10-15(27(29)30)11-17(20)22/h6-7,10-12H,4-5,8-9H2,1-3H3,(H,23,28). The van der Waals surface area contributed by atoms with Gasteiger partial charge in [0, 0.05) is 37.8 Å². The van der Waals surface area contributed by atoms with Crippen molar-refractivity contribution in [2.45, 2.75) is 33.6 Å². The first-order chi connectivity index (χ1) is 14.3. The van der Waals surface area contributed by atoms with E-state index in [-0.39, 0.29) is 27.3 Å². The third-order valence-corrected chi connectivity index (χ3v) is 4.69. The van der Waals surface area contributed by atoms with Gasteiger partial charge in [0.25, 0.3) is 5.69 Å². The fourth-order valence-electron chi connectivity index (χ4n) is 2.86. The van der Waals surface area contributed by atoms with Gasteiger partial charge in [-0.3, -0.25) is 14.9 Å². The van der Waals surface area contributed by atoms with E-state index in [0.717, 1.165) is 43.8 Å². The van der Waals surface area contributed by atoms with Gasteiger partial charge >= 0.3 is 0 Å². The van der Waals surface area contributed by atoms with E-state index in [4.69, 9.17) is 23.2 Å². The number of nitrogens with zero attached hydrogens (tertiary/aromatic N) is 4. The molecule has 0 atom stereocenters. The molecule has 0 radical (unpaired) electrons. The predicted octanol–water partition coefficient (Wildman–Crippen LogP) is 6.90. The van der Waals surface area contributed by atoms with Crippen LogP contribution in [0.5, 0.6) is 0 Å². The lowest BCUT2D eigenvalue weighted by Gasteiger charge is -2.24. The fourth-order valence-corrected chi connectivity index (χ4v) is 3.42. The normalized spacial score (nSPS) is 11.0. The van der Waals surface area contributed by atoms with Crippen LogP contribution in [0.4, 0.5) is 28.4 Å². The molecule has 160 valence electrons. The number of amides is 1. The zero-order chi connectivity index (χ0) is 22.3. The lowest BCUT2D eigenvalue weighted by atomic mass is 10.2. The zero-order valence-electron chi connectivity index (χ0n) is 17.0.